The van der Waals surface area contributed by atoms with Crippen LogP contribution >= 0.6 is 0 Å². The van der Waals surface area contributed by atoms with Crippen LogP contribution in [0.25, 0.3) is 0 Å². The van der Waals surface area contributed by atoms with Crippen molar-refractivity contribution in [2.75, 3.05) is 14.2 Å². The Labute approximate surface area is 210 Å². The van der Waals surface area contributed by atoms with Crippen molar-refractivity contribution < 1.29 is 38.1 Å². The number of methoxy groups -OCH3 is 2. The number of alkyl carbamates (subject to hydrolysis) is 2. The number of hydrogen-bond donors (Lipinski definition) is 2. The van der Waals surface area contributed by atoms with E-state index in [-0.39, 0.29) is 26.1 Å². The third-order valence-electron chi connectivity index (χ3n) is 5.22. The highest BCUT2D eigenvalue weighted by molar-refractivity contribution is 5.81. The average molecular weight is 501 g/mol. The highest BCUT2D eigenvalue weighted by Crippen LogP contribution is 2.10. The molecule has 0 fully saturated rings. The average Bonchev–Trinajstić information content (AvgIpc) is 2.91. The Hall–Kier alpha value is -4.08. The van der Waals surface area contributed by atoms with Crippen LogP contribution < -0.4 is 10.6 Å². The fourth-order valence-electron chi connectivity index (χ4n) is 3.29. The van der Waals surface area contributed by atoms with Crippen LogP contribution in [0.3, 0.4) is 0 Å². The first kappa shape index (κ1) is 28.2. The van der Waals surface area contributed by atoms with Crippen LogP contribution in [-0.4, -0.2) is 50.4 Å². The molecule has 0 saturated heterocycles. The highest BCUT2D eigenvalue weighted by atomic mass is 16.6. The first-order valence-electron chi connectivity index (χ1n) is 11.5. The molecule has 36 heavy (non-hydrogen) atoms. The molecule has 2 atom stereocenters. The molecular weight excluding hydrogens is 468 g/mol. The number of amides is 2. The second-order valence-corrected chi connectivity index (χ2v) is 7.85. The van der Waals surface area contributed by atoms with Crippen molar-refractivity contribution in [2.45, 2.75) is 51.0 Å². The van der Waals surface area contributed by atoms with Gasteiger partial charge in [0.15, 0.2) is 0 Å². The maximum Gasteiger partial charge on any atom is 0.408 e. The van der Waals surface area contributed by atoms with Gasteiger partial charge in [-0.2, -0.15) is 0 Å². The molecule has 2 amide bonds. The van der Waals surface area contributed by atoms with E-state index in [0.717, 1.165) is 11.1 Å². The summed E-state index contributed by atoms with van der Waals surface area (Å²) < 4.78 is 19.9. The van der Waals surface area contributed by atoms with E-state index < -0.39 is 36.2 Å². The summed E-state index contributed by atoms with van der Waals surface area (Å²) in [5.41, 5.74) is 1.62. The summed E-state index contributed by atoms with van der Waals surface area (Å²) in [6.45, 7) is 0.126. The predicted molar refractivity (Wildman–Crippen MR) is 130 cm³/mol. The number of unbranched alkanes of at least 4 members (excludes halogenated alkanes) is 1. The lowest BCUT2D eigenvalue weighted by Gasteiger charge is -2.18. The second-order valence-electron chi connectivity index (χ2n) is 7.85. The lowest BCUT2D eigenvalue weighted by atomic mass is 10.0. The Morgan fingerprint density at radius 3 is 1.33 bits per heavy atom. The standard InChI is InChI=1S/C26H32N2O8/c1-33-23(29)21(27-25(31)35-17-19-11-5-3-6-12-19)15-9-10-16-22(24(30)34-2)28-26(32)36-18-20-13-7-4-8-14-20/h3-8,11-14,21-22H,9-10,15-18H2,1-2H3,(H,27,31)(H,28,32)/t21-,22-/m0/s1. The van der Waals surface area contributed by atoms with E-state index in [1.54, 1.807) is 0 Å². The van der Waals surface area contributed by atoms with E-state index in [9.17, 15) is 19.2 Å². The summed E-state index contributed by atoms with van der Waals surface area (Å²) in [5, 5.41) is 5.01. The minimum absolute atomic E-state index is 0.0629. The summed E-state index contributed by atoms with van der Waals surface area (Å²) >= 11 is 0. The van der Waals surface area contributed by atoms with Crippen molar-refractivity contribution in [1.29, 1.82) is 0 Å². The van der Waals surface area contributed by atoms with Crippen molar-refractivity contribution in [3.05, 3.63) is 71.8 Å². The minimum atomic E-state index is -0.918. The van der Waals surface area contributed by atoms with Crippen LogP contribution in [0.4, 0.5) is 9.59 Å². The number of hydrogen-bond acceptors (Lipinski definition) is 8. The number of carbonyl (C=O) groups is 4. The van der Waals surface area contributed by atoms with E-state index >= 15 is 0 Å². The molecule has 0 unspecified atom stereocenters. The van der Waals surface area contributed by atoms with Gasteiger partial charge in [0.1, 0.15) is 25.3 Å². The van der Waals surface area contributed by atoms with Crippen LogP contribution in [0.1, 0.15) is 36.8 Å². The van der Waals surface area contributed by atoms with E-state index in [0.29, 0.717) is 12.8 Å². The summed E-state index contributed by atoms with van der Waals surface area (Å²) in [6.07, 6.45) is -0.0900. The SMILES string of the molecule is COC(=O)[C@H](CCCC[C@H](NC(=O)OCc1ccccc1)C(=O)OC)NC(=O)OCc1ccccc1. The van der Waals surface area contributed by atoms with Crippen molar-refractivity contribution in [3.8, 4) is 0 Å². The van der Waals surface area contributed by atoms with Gasteiger partial charge in [0.05, 0.1) is 14.2 Å². The van der Waals surface area contributed by atoms with Crippen LogP contribution in [0.15, 0.2) is 60.7 Å². The van der Waals surface area contributed by atoms with Crippen LogP contribution in [-0.2, 0) is 41.8 Å². The van der Waals surface area contributed by atoms with Gasteiger partial charge in [-0.15, -0.1) is 0 Å². The summed E-state index contributed by atoms with van der Waals surface area (Å²) in [4.78, 5) is 48.5. The molecule has 0 aromatic heterocycles. The van der Waals surface area contributed by atoms with Crippen LogP contribution in [0, 0.1) is 0 Å². The normalized spacial score (nSPS) is 11.9. The lowest BCUT2D eigenvalue weighted by Crippen LogP contribution is -2.42. The third-order valence-corrected chi connectivity index (χ3v) is 5.22. The molecule has 10 nitrogen and oxygen atoms in total. The zero-order valence-electron chi connectivity index (χ0n) is 20.4. The van der Waals surface area contributed by atoms with E-state index in [4.69, 9.17) is 18.9 Å². The predicted octanol–water partition coefficient (Wildman–Crippen LogP) is 3.48. The Kier molecular flexibility index (Phi) is 12.3. The molecule has 10 heteroatoms. The first-order chi connectivity index (χ1) is 17.4. The van der Waals surface area contributed by atoms with E-state index in [1.165, 1.54) is 14.2 Å². The smallest absolute Gasteiger partial charge is 0.408 e. The fraction of sp³-hybridized carbons (Fsp3) is 0.385. The van der Waals surface area contributed by atoms with Crippen molar-refractivity contribution in [1.82, 2.24) is 10.6 Å². The van der Waals surface area contributed by atoms with Gasteiger partial charge in [0.2, 0.25) is 0 Å². The first-order valence-corrected chi connectivity index (χ1v) is 11.5. The number of esters is 2. The zero-order chi connectivity index (χ0) is 26.2. The van der Waals surface area contributed by atoms with Crippen molar-refractivity contribution >= 4 is 24.1 Å². The van der Waals surface area contributed by atoms with E-state index in [1.807, 2.05) is 60.7 Å². The highest BCUT2D eigenvalue weighted by Gasteiger charge is 2.24. The van der Waals surface area contributed by atoms with Gasteiger partial charge in [0, 0.05) is 0 Å². The molecule has 0 radical (unpaired) electrons. The van der Waals surface area contributed by atoms with Gasteiger partial charge >= 0.3 is 24.1 Å². The number of benzene rings is 2. The molecule has 0 aliphatic rings. The molecule has 0 heterocycles. The quantitative estimate of drug-likeness (QED) is 0.243. The summed E-state index contributed by atoms with van der Waals surface area (Å²) in [6, 6.07) is 16.4. The Balaban J connectivity index is 1.78. The number of nitrogens with one attached hydrogen (secondary N) is 2. The van der Waals surface area contributed by atoms with Crippen LogP contribution in [0.2, 0.25) is 0 Å². The van der Waals surface area contributed by atoms with Gasteiger partial charge in [-0.3, -0.25) is 0 Å². The topological polar surface area (TPSA) is 129 Å². The minimum Gasteiger partial charge on any atom is -0.467 e. The molecule has 2 rings (SSSR count). The Bertz CT molecular complexity index is 889. The number of ether oxygens (including phenoxy) is 4. The molecule has 194 valence electrons. The zero-order valence-corrected chi connectivity index (χ0v) is 20.4. The summed E-state index contributed by atoms with van der Waals surface area (Å²) in [7, 11) is 2.45. The van der Waals surface area contributed by atoms with Gasteiger partial charge in [-0.1, -0.05) is 73.5 Å². The van der Waals surface area contributed by atoms with E-state index in [2.05, 4.69) is 10.6 Å². The molecule has 0 aliphatic carbocycles. The van der Waals surface area contributed by atoms with Gasteiger partial charge in [-0.25, -0.2) is 19.2 Å². The molecule has 0 spiro atoms. The molecule has 0 aliphatic heterocycles. The largest absolute Gasteiger partial charge is 0.467 e. The molecule has 2 aromatic rings. The molecule has 0 bridgehead atoms. The maximum absolute atomic E-state index is 12.1. The molecule has 0 saturated carbocycles. The number of carbonyl (C=O) groups excluding carboxylic acids is 4. The third kappa shape index (κ3) is 10.5. The monoisotopic (exact) mass is 500 g/mol. The number of rotatable bonds is 13. The summed E-state index contributed by atoms with van der Waals surface area (Å²) in [5.74, 6) is -1.22. The van der Waals surface area contributed by atoms with Gasteiger partial charge < -0.3 is 29.6 Å². The fourth-order valence-corrected chi connectivity index (χ4v) is 3.29. The van der Waals surface area contributed by atoms with Gasteiger partial charge in [0.25, 0.3) is 0 Å². The van der Waals surface area contributed by atoms with Crippen molar-refractivity contribution in [2.24, 2.45) is 0 Å². The molecule has 2 N–H and O–H groups in total. The molecule has 2 aromatic carbocycles. The Morgan fingerprint density at radius 1 is 0.639 bits per heavy atom. The van der Waals surface area contributed by atoms with Gasteiger partial charge in [-0.05, 0) is 24.0 Å². The lowest BCUT2D eigenvalue weighted by molar-refractivity contribution is -0.144. The van der Waals surface area contributed by atoms with Crippen LogP contribution in [0.5, 0.6) is 0 Å². The Morgan fingerprint density at radius 2 is 1.00 bits per heavy atom. The van der Waals surface area contributed by atoms with Crippen molar-refractivity contribution in [3.63, 3.8) is 0 Å². The maximum atomic E-state index is 12.1. The molecular formula is C26H32N2O8. The second kappa shape index (κ2) is 15.8.